The van der Waals surface area contributed by atoms with Gasteiger partial charge >= 0.3 is 0 Å². The van der Waals surface area contributed by atoms with Crippen LogP contribution in [0.2, 0.25) is 0 Å². The molecule has 0 atom stereocenters. The summed E-state index contributed by atoms with van der Waals surface area (Å²) in [7, 11) is 0. The molecule has 0 spiro atoms. The summed E-state index contributed by atoms with van der Waals surface area (Å²) in [6, 6.07) is 2.01. The first kappa shape index (κ1) is 16.0. The van der Waals surface area contributed by atoms with Crippen LogP contribution in [-0.2, 0) is 4.79 Å². The first-order chi connectivity index (χ1) is 9.85. The van der Waals surface area contributed by atoms with Gasteiger partial charge in [-0.25, -0.2) is 0 Å². The Kier molecular flexibility index (Phi) is 5.04. The van der Waals surface area contributed by atoms with Gasteiger partial charge in [0.2, 0.25) is 5.91 Å². The number of nitrogens with one attached hydrogen (secondary N) is 1. The highest BCUT2D eigenvalue weighted by Crippen LogP contribution is 2.21. The van der Waals surface area contributed by atoms with Crippen LogP contribution < -0.4 is 5.32 Å². The molecule has 2 amide bonds. The molecule has 0 aliphatic carbocycles. The summed E-state index contributed by atoms with van der Waals surface area (Å²) in [5, 5.41) is 6.82. The van der Waals surface area contributed by atoms with Gasteiger partial charge in [0, 0.05) is 36.5 Å². The summed E-state index contributed by atoms with van der Waals surface area (Å²) in [4.78, 5) is 26.1. The third kappa shape index (κ3) is 4.84. The fourth-order valence-electron chi connectivity index (χ4n) is 2.50. The van der Waals surface area contributed by atoms with Crippen molar-refractivity contribution in [1.29, 1.82) is 0 Å². The Labute approximate surface area is 130 Å². The fraction of sp³-hybridized carbons (Fsp3) is 0.625. The maximum atomic E-state index is 12.2. The van der Waals surface area contributed by atoms with Gasteiger partial charge in [-0.3, -0.25) is 9.59 Å². The molecule has 1 N–H and O–H groups in total. The predicted octanol–water partition coefficient (Wildman–Crippen LogP) is 2.91. The molecule has 5 heteroatoms. The van der Waals surface area contributed by atoms with Crippen molar-refractivity contribution in [3.05, 3.63) is 22.4 Å². The van der Waals surface area contributed by atoms with Gasteiger partial charge in [0.15, 0.2) is 0 Å². The SMILES string of the molecule is CC(C)(C)CC(=O)N1CCC(NC(=O)c2ccsc2)CC1. The largest absolute Gasteiger partial charge is 0.349 e. The molecule has 1 aliphatic heterocycles. The van der Waals surface area contributed by atoms with Crippen LogP contribution in [0.1, 0.15) is 50.4 Å². The quantitative estimate of drug-likeness (QED) is 0.933. The van der Waals surface area contributed by atoms with E-state index in [1.807, 2.05) is 21.7 Å². The second-order valence-electron chi connectivity index (χ2n) is 6.88. The number of piperidine rings is 1. The van der Waals surface area contributed by atoms with Crippen LogP contribution >= 0.6 is 11.3 Å². The zero-order valence-electron chi connectivity index (χ0n) is 13.0. The van der Waals surface area contributed by atoms with E-state index in [-0.39, 0.29) is 23.3 Å². The molecule has 4 nitrogen and oxygen atoms in total. The van der Waals surface area contributed by atoms with Crippen LogP contribution in [0.4, 0.5) is 0 Å². The molecule has 1 aromatic rings. The van der Waals surface area contributed by atoms with Gasteiger partial charge in [0.25, 0.3) is 5.91 Å². The molecule has 116 valence electrons. The average Bonchev–Trinajstić information content (AvgIpc) is 2.91. The molecule has 0 radical (unpaired) electrons. The Bertz CT molecular complexity index is 483. The van der Waals surface area contributed by atoms with Crippen LogP contribution in [0.15, 0.2) is 16.8 Å². The molecule has 0 bridgehead atoms. The average molecular weight is 308 g/mol. The van der Waals surface area contributed by atoms with Gasteiger partial charge in [0.05, 0.1) is 0 Å². The standard InChI is InChI=1S/C16H24N2O2S/c1-16(2,3)10-14(19)18-7-4-13(5-8-18)17-15(20)12-6-9-21-11-12/h6,9,11,13H,4-5,7-8,10H2,1-3H3,(H,17,20). The second kappa shape index (κ2) is 6.60. The van der Waals surface area contributed by atoms with Crippen molar-refractivity contribution in [1.82, 2.24) is 10.2 Å². The summed E-state index contributed by atoms with van der Waals surface area (Å²) in [6.07, 6.45) is 2.26. The van der Waals surface area contributed by atoms with Gasteiger partial charge in [0.1, 0.15) is 0 Å². The molecule has 1 aliphatic rings. The number of amides is 2. The van der Waals surface area contributed by atoms with E-state index < -0.39 is 0 Å². The molecule has 21 heavy (non-hydrogen) atoms. The van der Waals surface area contributed by atoms with Gasteiger partial charge < -0.3 is 10.2 Å². The molecule has 1 aromatic heterocycles. The van der Waals surface area contributed by atoms with Crippen molar-refractivity contribution < 1.29 is 9.59 Å². The minimum atomic E-state index is -0.00396. The summed E-state index contributed by atoms with van der Waals surface area (Å²) in [5.74, 6) is 0.223. The Morgan fingerprint density at radius 2 is 2.00 bits per heavy atom. The lowest BCUT2D eigenvalue weighted by Gasteiger charge is -2.34. The number of carbonyl (C=O) groups excluding carboxylic acids is 2. The normalized spacial score (nSPS) is 16.8. The van der Waals surface area contributed by atoms with E-state index >= 15 is 0 Å². The van der Waals surface area contributed by atoms with Crippen LogP contribution in [-0.4, -0.2) is 35.8 Å². The summed E-state index contributed by atoms with van der Waals surface area (Å²) in [5.41, 5.74) is 0.757. The fourth-order valence-corrected chi connectivity index (χ4v) is 3.14. The number of nitrogens with zero attached hydrogens (tertiary/aromatic N) is 1. The smallest absolute Gasteiger partial charge is 0.252 e. The van der Waals surface area contributed by atoms with E-state index in [1.54, 1.807) is 0 Å². The van der Waals surface area contributed by atoms with Gasteiger partial charge in [-0.2, -0.15) is 11.3 Å². The lowest BCUT2D eigenvalue weighted by molar-refractivity contribution is -0.134. The van der Waals surface area contributed by atoms with Crippen LogP contribution in [0, 0.1) is 5.41 Å². The molecular formula is C16H24N2O2S. The van der Waals surface area contributed by atoms with E-state index in [4.69, 9.17) is 0 Å². The number of carbonyl (C=O) groups is 2. The number of rotatable bonds is 3. The minimum absolute atomic E-state index is 0.00396. The maximum absolute atomic E-state index is 12.2. The number of hydrogen-bond acceptors (Lipinski definition) is 3. The lowest BCUT2D eigenvalue weighted by Crippen LogP contribution is -2.47. The number of thiophene rings is 1. The molecule has 2 heterocycles. The van der Waals surface area contributed by atoms with E-state index in [0.717, 1.165) is 31.5 Å². The Morgan fingerprint density at radius 3 is 2.52 bits per heavy atom. The van der Waals surface area contributed by atoms with E-state index in [1.165, 1.54) is 11.3 Å². The highest BCUT2D eigenvalue weighted by atomic mass is 32.1. The maximum Gasteiger partial charge on any atom is 0.252 e. The third-order valence-corrected chi connectivity index (χ3v) is 4.33. The van der Waals surface area contributed by atoms with E-state index in [2.05, 4.69) is 26.1 Å². The Balaban J connectivity index is 1.78. The van der Waals surface area contributed by atoms with Gasteiger partial charge in [-0.05, 0) is 29.7 Å². The highest BCUT2D eigenvalue weighted by molar-refractivity contribution is 7.08. The van der Waals surface area contributed by atoms with Crippen LogP contribution in [0.5, 0.6) is 0 Å². The number of hydrogen-bond donors (Lipinski definition) is 1. The first-order valence-electron chi connectivity index (χ1n) is 7.46. The molecule has 0 unspecified atom stereocenters. The lowest BCUT2D eigenvalue weighted by atomic mass is 9.91. The van der Waals surface area contributed by atoms with E-state index in [0.29, 0.717) is 6.42 Å². The number of likely N-dealkylation sites (tertiary alicyclic amines) is 1. The van der Waals surface area contributed by atoms with E-state index in [9.17, 15) is 9.59 Å². The van der Waals surface area contributed by atoms with Crippen molar-refractivity contribution in [2.45, 2.75) is 46.1 Å². The molecule has 1 fully saturated rings. The van der Waals surface area contributed by atoms with Gasteiger partial charge in [-0.1, -0.05) is 20.8 Å². The Hall–Kier alpha value is -1.36. The van der Waals surface area contributed by atoms with Crippen LogP contribution in [0.3, 0.4) is 0 Å². The third-order valence-electron chi connectivity index (χ3n) is 3.65. The minimum Gasteiger partial charge on any atom is -0.349 e. The zero-order valence-corrected chi connectivity index (χ0v) is 13.8. The van der Waals surface area contributed by atoms with Crippen molar-refractivity contribution >= 4 is 23.2 Å². The molecular weight excluding hydrogens is 284 g/mol. The highest BCUT2D eigenvalue weighted by Gasteiger charge is 2.26. The predicted molar refractivity (Wildman–Crippen MR) is 85.5 cm³/mol. The van der Waals surface area contributed by atoms with Crippen molar-refractivity contribution in [2.24, 2.45) is 5.41 Å². The van der Waals surface area contributed by atoms with Crippen molar-refractivity contribution in [3.8, 4) is 0 Å². The summed E-state index contributed by atoms with van der Waals surface area (Å²) >= 11 is 1.53. The molecule has 1 saturated heterocycles. The van der Waals surface area contributed by atoms with Crippen molar-refractivity contribution in [2.75, 3.05) is 13.1 Å². The molecule has 0 aromatic carbocycles. The molecule has 2 rings (SSSR count). The first-order valence-corrected chi connectivity index (χ1v) is 8.40. The van der Waals surface area contributed by atoms with Crippen LogP contribution in [0.25, 0.3) is 0 Å². The van der Waals surface area contributed by atoms with Gasteiger partial charge in [-0.15, -0.1) is 0 Å². The molecule has 0 saturated carbocycles. The zero-order chi connectivity index (χ0) is 15.5. The van der Waals surface area contributed by atoms with Crippen molar-refractivity contribution in [3.63, 3.8) is 0 Å². The summed E-state index contributed by atoms with van der Waals surface area (Å²) in [6.45, 7) is 7.73. The monoisotopic (exact) mass is 308 g/mol. The topological polar surface area (TPSA) is 49.4 Å². The Morgan fingerprint density at radius 1 is 1.33 bits per heavy atom. The second-order valence-corrected chi connectivity index (χ2v) is 7.66. The summed E-state index contributed by atoms with van der Waals surface area (Å²) < 4.78 is 0.